The minimum Gasteiger partial charge on any atom is -0.504 e. The average molecular weight is 640 g/mol. The molecule has 1 fully saturated rings. The van der Waals surface area contributed by atoms with Crippen LogP contribution in [0.3, 0.4) is 0 Å². The first kappa shape index (κ1) is 33.3. The minimum absolute atomic E-state index is 0.0187. The summed E-state index contributed by atoms with van der Waals surface area (Å²) in [7, 11) is 0. The van der Waals surface area contributed by atoms with Crippen molar-refractivity contribution >= 4 is 0 Å². The van der Waals surface area contributed by atoms with Gasteiger partial charge in [0, 0.05) is 47.5 Å². The van der Waals surface area contributed by atoms with Crippen LogP contribution in [0.25, 0.3) is 0 Å². The van der Waals surface area contributed by atoms with Crippen LogP contribution in [0.5, 0.6) is 11.5 Å². The van der Waals surface area contributed by atoms with Crippen LogP contribution in [-0.4, -0.2) is 45.7 Å². The molecular formula is C40H53N3O4. The predicted octanol–water partition coefficient (Wildman–Crippen LogP) is 6.55. The number of ether oxygens (including phenoxy) is 1. The third-order valence-electron chi connectivity index (χ3n) is 11.3. The van der Waals surface area contributed by atoms with E-state index in [0.29, 0.717) is 43.5 Å². The standard InChI is InChI=1S/C40H53N3O4/c1-2-27-8-3-4-9-34(45)39-28(12-11-27)13-14-29(24-35(39)46)30-15-16-33(44)36(25-30)47-23-18-32(31-17-22-43-38(41)26-31)40(19-5-6-20-40)37-10-7-21-42-37/h7,10,13-17,21,25-29,32,34-35,39,42-46H,2-6,8-9,18-20,22-24,41H2,1H3. The van der Waals surface area contributed by atoms with Crippen molar-refractivity contribution < 1.29 is 20.1 Å². The Bertz CT molecular complexity index is 1490. The van der Waals surface area contributed by atoms with Crippen molar-refractivity contribution in [1.29, 1.82) is 0 Å². The van der Waals surface area contributed by atoms with Crippen LogP contribution >= 0.6 is 0 Å². The van der Waals surface area contributed by atoms with Crippen molar-refractivity contribution in [2.24, 2.45) is 29.4 Å². The monoisotopic (exact) mass is 639 g/mol. The lowest BCUT2D eigenvalue weighted by molar-refractivity contribution is -0.00705. The van der Waals surface area contributed by atoms with Crippen LogP contribution in [0, 0.1) is 35.5 Å². The number of hydrogen-bond acceptors (Lipinski definition) is 6. The number of phenolic OH excluding ortho intramolecular Hbond substituents is 1. The maximum atomic E-state index is 11.5. The highest BCUT2D eigenvalue weighted by Gasteiger charge is 2.45. The molecule has 252 valence electrons. The number of fused-ring (bicyclic) bond motifs is 1. The van der Waals surface area contributed by atoms with Gasteiger partial charge in [0.1, 0.15) is 0 Å². The highest BCUT2D eigenvalue weighted by atomic mass is 16.5. The van der Waals surface area contributed by atoms with Crippen molar-refractivity contribution in [3.05, 3.63) is 83.5 Å². The van der Waals surface area contributed by atoms with Crippen LogP contribution in [0.15, 0.2) is 72.2 Å². The SMILES string of the molecule is CCC1C#CC2C=CC(c3ccc(O)c(OCCC(C4=CCNC(N)=C4)C4(c5ccc[nH]5)CCCC4)c3)CC(O)C2C(O)CCCC1. The average Bonchev–Trinajstić information content (AvgIpc) is 3.76. The molecule has 7 unspecified atom stereocenters. The van der Waals surface area contributed by atoms with E-state index < -0.39 is 12.2 Å². The van der Waals surface area contributed by atoms with Gasteiger partial charge in [-0.1, -0.05) is 68.7 Å². The van der Waals surface area contributed by atoms with Crippen molar-refractivity contribution in [1.82, 2.24) is 10.3 Å². The summed E-state index contributed by atoms with van der Waals surface area (Å²) in [5.41, 5.74) is 9.72. The molecule has 47 heavy (non-hydrogen) atoms. The Kier molecular flexibility index (Phi) is 10.7. The maximum Gasteiger partial charge on any atom is 0.161 e. The van der Waals surface area contributed by atoms with Crippen molar-refractivity contribution in [3.63, 3.8) is 0 Å². The molecule has 1 aromatic heterocycles. The fourth-order valence-corrected chi connectivity index (χ4v) is 8.73. The second-order valence-corrected chi connectivity index (χ2v) is 14.2. The smallest absolute Gasteiger partial charge is 0.161 e. The van der Waals surface area contributed by atoms with Gasteiger partial charge in [-0.15, -0.1) is 0 Å². The highest BCUT2D eigenvalue weighted by Crippen LogP contribution is 2.50. The lowest BCUT2D eigenvalue weighted by atomic mass is 9.66. The van der Waals surface area contributed by atoms with Crippen molar-refractivity contribution in [3.8, 4) is 23.3 Å². The van der Waals surface area contributed by atoms with Crippen LogP contribution < -0.4 is 15.8 Å². The predicted molar refractivity (Wildman–Crippen MR) is 187 cm³/mol. The van der Waals surface area contributed by atoms with E-state index >= 15 is 0 Å². The van der Waals surface area contributed by atoms with E-state index in [1.165, 1.54) is 24.1 Å². The largest absolute Gasteiger partial charge is 0.504 e. The van der Waals surface area contributed by atoms with E-state index in [4.69, 9.17) is 10.5 Å². The van der Waals surface area contributed by atoms with Crippen molar-refractivity contribution in [2.75, 3.05) is 13.2 Å². The third kappa shape index (κ3) is 7.45. The summed E-state index contributed by atoms with van der Waals surface area (Å²) in [6.45, 7) is 3.33. The quantitative estimate of drug-likeness (QED) is 0.137. The van der Waals surface area contributed by atoms with E-state index in [-0.39, 0.29) is 34.8 Å². The topological polar surface area (TPSA) is 124 Å². The molecule has 7 atom stereocenters. The lowest BCUT2D eigenvalue weighted by Gasteiger charge is -2.39. The van der Waals surface area contributed by atoms with Gasteiger partial charge in [0.2, 0.25) is 0 Å². The van der Waals surface area contributed by atoms with E-state index in [1.807, 2.05) is 18.3 Å². The summed E-state index contributed by atoms with van der Waals surface area (Å²) >= 11 is 0. The molecule has 0 radical (unpaired) electrons. The summed E-state index contributed by atoms with van der Waals surface area (Å²) in [5.74, 6) is 8.13. The molecule has 0 amide bonds. The molecule has 2 heterocycles. The maximum absolute atomic E-state index is 11.5. The molecular weight excluding hydrogens is 586 g/mol. The number of benzene rings is 1. The van der Waals surface area contributed by atoms with Crippen LogP contribution in [0.4, 0.5) is 0 Å². The number of dihydropyridines is 1. The zero-order valence-electron chi connectivity index (χ0n) is 27.8. The number of aromatic nitrogens is 1. The molecule has 3 aliphatic carbocycles. The summed E-state index contributed by atoms with van der Waals surface area (Å²) in [6.07, 6.45) is 19.9. The number of aromatic hydroxyl groups is 1. The number of allylic oxidation sites excluding steroid dienone is 4. The molecule has 2 aromatic rings. The first-order valence-corrected chi connectivity index (χ1v) is 17.9. The van der Waals surface area contributed by atoms with Gasteiger partial charge in [-0.25, -0.2) is 0 Å². The first-order valence-electron chi connectivity index (χ1n) is 17.9. The fraction of sp³-hybridized carbons (Fsp3) is 0.550. The number of H-pyrrole nitrogens is 1. The molecule has 0 bridgehead atoms. The number of aliphatic hydroxyl groups excluding tert-OH is 2. The summed E-state index contributed by atoms with van der Waals surface area (Å²) < 4.78 is 6.39. The Morgan fingerprint density at radius 1 is 1.04 bits per heavy atom. The normalized spacial score (nSPS) is 29.6. The van der Waals surface area contributed by atoms with Gasteiger partial charge in [-0.3, -0.25) is 0 Å². The summed E-state index contributed by atoms with van der Waals surface area (Å²) in [4.78, 5) is 3.53. The van der Waals surface area contributed by atoms with Crippen LogP contribution in [0.1, 0.15) is 94.7 Å². The molecule has 7 nitrogen and oxygen atoms in total. The van der Waals surface area contributed by atoms with Gasteiger partial charge >= 0.3 is 0 Å². The van der Waals surface area contributed by atoms with Gasteiger partial charge in [0.05, 0.1) is 24.6 Å². The Morgan fingerprint density at radius 3 is 2.64 bits per heavy atom. The van der Waals surface area contributed by atoms with Crippen LogP contribution in [0.2, 0.25) is 0 Å². The lowest BCUT2D eigenvalue weighted by Crippen LogP contribution is -2.37. The van der Waals surface area contributed by atoms with E-state index in [0.717, 1.165) is 50.5 Å². The molecule has 7 N–H and O–H groups in total. The van der Waals surface area contributed by atoms with E-state index in [2.05, 4.69) is 65.5 Å². The van der Waals surface area contributed by atoms with Crippen LogP contribution in [-0.2, 0) is 5.41 Å². The second-order valence-electron chi connectivity index (χ2n) is 14.2. The number of nitrogens with two attached hydrogens (primary N) is 1. The van der Waals surface area contributed by atoms with Gasteiger partial charge in [0.25, 0.3) is 0 Å². The zero-order valence-corrected chi connectivity index (χ0v) is 27.8. The molecule has 0 saturated heterocycles. The molecule has 0 spiro atoms. The Balaban J connectivity index is 1.21. The fourth-order valence-electron chi connectivity index (χ4n) is 8.73. The number of hydrogen-bond donors (Lipinski definition) is 6. The number of rotatable bonds is 9. The molecule has 7 heteroatoms. The van der Waals surface area contributed by atoms with Crippen molar-refractivity contribution in [2.45, 2.75) is 101 Å². The van der Waals surface area contributed by atoms with Gasteiger partial charge in [-0.2, -0.15) is 0 Å². The summed E-state index contributed by atoms with van der Waals surface area (Å²) in [6, 6.07) is 9.83. The zero-order chi connectivity index (χ0) is 32.8. The summed E-state index contributed by atoms with van der Waals surface area (Å²) in [5, 5.41) is 36.7. The number of nitrogens with one attached hydrogen (secondary N) is 2. The van der Waals surface area contributed by atoms with Gasteiger partial charge < -0.3 is 36.1 Å². The van der Waals surface area contributed by atoms with E-state index in [1.54, 1.807) is 6.07 Å². The van der Waals surface area contributed by atoms with E-state index in [9.17, 15) is 15.3 Å². The van der Waals surface area contributed by atoms with Gasteiger partial charge in [-0.05, 0) is 92.3 Å². The first-order chi connectivity index (χ1) is 22.9. The minimum atomic E-state index is -0.697. The Labute approximate surface area is 280 Å². The Hall–Kier alpha value is -3.60. The molecule has 6 rings (SSSR count). The molecule has 1 saturated carbocycles. The molecule has 1 aromatic carbocycles. The Morgan fingerprint density at radius 2 is 1.87 bits per heavy atom. The molecule has 4 aliphatic rings. The molecule has 1 aliphatic heterocycles. The number of phenols is 1. The highest BCUT2D eigenvalue weighted by molar-refractivity contribution is 5.44. The third-order valence-corrected chi connectivity index (χ3v) is 11.3. The second kappa shape index (κ2) is 15.1. The number of aliphatic hydroxyl groups is 2. The van der Waals surface area contributed by atoms with Gasteiger partial charge in [0.15, 0.2) is 11.5 Å². The number of aromatic amines is 1.